The lowest BCUT2D eigenvalue weighted by molar-refractivity contribution is 0.302. The van der Waals surface area contributed by atoms with Crippen molar-refractivity contribution in [1.29, 1.82) is 0 Å². The van der Waals surface area contributed by atoms with Gasteiger partial charge in [-0.25, -0.2) is 0 Å². The van der Waals surface area contributed by atoms with Crippen LogP contribution < -0.4 is 4.74 Å². The van der Waals surface area contributed by atoms with Crippen LogP contribution in [-0.2, 0) is 7.05 Å². The fraction of sp³-hybridized carbons (Fsp3) is 0.273. The molecule has 0 aliphatic rings. The van der Waals surface area contributed by atoms with Gasteiger partial charge < -0.3 is 9.30 Å². The van der Waals surface area contributed by atoms with Gasteiger partial charge in [-0.3, -0.25) is 4.98 Å². The summed E-state index contributed by atoms with van der Waals surface area (Å²) >= 11 is 0. The molecular formula is C11H13N3O. The monoisotopic (exact) mass is 203 g/mol. The van der Waals surface area contributed by atoms with Crippen LogP contribution in [0.15, 0.2) is 30.7 Å². The van der Waals surface area contributed by atoms with Gasteiger partial charge in [0.2, 0.25) is 0 Å². The van der Waals surface area contributed by atoms with Crippen LogP contribution in [0.1, 0.15) is 6.92 Å². The first-order valence-electron chi connectivity index (χ1n) is 4.88. The van der Waals surface area contributed by atoms with Gasteiger partial charge in [-0.15, -0.1) is 0 Å². The Labute approximate surface area is 88.6 Å². The second kappa shape index (κ2) is 4.13. The van der Waals surface area contributed by atoms with E-state index in [0.717, 1.165) is 11.3 Å². The summed E-state index contributed by atoms with van der Waals surface area (Å²) in [5.74, 6) is 0. The molecule has 4 heteroatoms. The van der Waals surface area contributed by atoms with Crippen molar-refractivity contribution in [2.24, 2.45) is 7.05 Å². The Kier molecular flexibility index (Phi) is 2.67. The van der Waals surface area contributed by atoms with E-state index in [1.165, 1.54) is 0 Å². The third-order valence-electron chi connectivity index (χ3n) is 2.06. The van der Waals surface area contributed by atoms with Crippen LogP contribution >= 0.6 is 0 Å². The molecule has 2 rings (SSSR count). The zero-order valence-electron chi connectivity index (χ0n) is 8.84. The Balaban J connectivity index is 2.34. The van der Waals surface area contributed by atoms with Crippen molar-refractivity contribution < 1.29 is 4.74 Å². The van der Waals surface area contributed by atoms with E-state index in [4.69, 9.17) is 4.74 Å². The summed E-state index contributed by atoms with van der Waals surface area (Å²) in [4.78, 5) is 8.43. The van der Waals surface area contributed by atoms with Crippen molar-refractivity contribution in [3.8, 4) is 17.3 Å². The third-order valence-corrected chi connectivity index (χ3v) is 2.06. The van der Waals surface area contributed by atoms with Crippen LogP contribution in [0.2, 0.25) is 0 Å². The van der Waals surface area contributed by atoms with Crippen molar-refractivity contribution >= 4 is 0 Å². The molecule has 0 saturated carbocycles. The SMILES string of the molecule is CCOc1nc(-c2cccnc2)cn1C. The minimum atomic E-state index is 0.622. The molecule has 0 bridgehead atoms. The second-order valence-electron chi connectivity index (χ2n) is 3.19. The lowest BCUT2D eigenvalue weighted by atomic mass is 10.2. The summed E-state index contributed by atoms with van der Waals surface area (Å²) < 4.78 is 7.24. The van der Waals surface area contributed by atoms with E-state index in [1.807, 2.05) is 36.9 Å². The number of nitrogens with zero attached hydrogens (tertiary/aromatic N) is 3. The van der Waals surface area contributed by atoms with Crippen LogP contribution in [0.4, 0.5) is 0 Å². The Morgan fingerprint density at radius 3 is 3.00 bits per heavy atom. The van der Waals surface area contributed by atoms with E-state index in [0.29, 0.717) is 12.6 Å². The highest BCUT2D eigenvalue weighted by Gasteiger charge is 2.07. The number of rotatable bonds is 3. The predicted octanol–water partition coefficient (Wildman–Crippen LogP) is 1.88. The molecule has 2 aromatic heterocycles. The molecule has 4 nitrogen and oxygen atoms in total. The van der Waals surface area contributed by atoms with Gasteiger partial charge in [-0.1, -0.05) is 0 Å². The highest BCUT2D eigenvalue weighted by molar-refractivity contribution is 5.57. The van der Waals surface area contributed by atoms with Crippen molar-refractivity contribution in [1.82, 2.24) is 14.5 Å². The quantitative estimate of drug-likeness (QED) is 0.764. The summed E-state index contributed by atoms with van der Waals surface area (Å²) in [7, 11) is 1.91. The van der Waals surface area contributed by atoms with Crippen LogP contribution in [0.5, 0.6) is 6.01 Å². The number of aryl methyl sites for hydroxylation is 1. The Hall–Kier alpha value is -1.84. The predicted molar refractivity (Wildman–Crippen MR) is 57.6 cm³/mol. The van der Waals surface area contributed by atoms with Crippen molar-refractivity contribution in [2.75, 3.05) is 6.61 Å². The lowest BCUT2D eigenvalue weighted by Gasteiger charge is -1.99. The van der Waals surface area contributed by atoms with Gasteiger partial charge in [0.05, 0.1) is 12.3 Å². The number of pyridine rings is 1. The standard InChI is InChI=1S/C11H13N3O/c1-3-15-11-13-10(8-14(11)2)9-5-4-6-12-7-9/h4-8H,3H2,1-2H3. The first kappa shape index (κ1) is 9.71. The molecule has 0 atom stereocenters. The summed E-state index contributed by atoms with van der Waals surface area (Å²) in [6.45, 7) is 2.57. The van der Waals surface area contributed by atoms with Gasteiger partial charge in [0.1, 0.15) is 0 Å². The highest BCUT2D eigenvalue weighted by atomic mass is 16.5. The van der Waals surface area contributed by atoms with E-state index in [9.17, 15) is 0 Å². The Morgan fingerprint density at radius 2 is 2.33 bits per heavy atom. The average molecular weight is 203 g/mol. The summed E-state index contributed by atoms with van der Waals surface area (Å²) in [5, 5.41) is 0. The highest BCUT2D eigenvalue weighted by Crippen LogP contribution is 2.19. The second-order valence-corrected chi connectivity index (χ2v) is 3.19. The molecule has 0 saturated heterocycles. The fourth-order valence-electron chi connectivity index (χ4n) is 1.37. The smallest absolute Gasteiger partial charge is 0.296 e. The summed E-state index contributed by atoms with van der Waals surface area (Å²) in [5.41, 5.74) is 1.88. The maximum Gasteiger partial charge on any atom is 0.296 e. The topological polar surface area (TPSA) is 39.9 Å². The molecule has 0 spiro atoms. The first-order chi connectivity index (χ1) is 7.31. The van der Waals surface area contributed by atoms with Crippen molar-refractivity contribution in [3.63, 3.8) is 0 Å². The van der Waals surface area contributed by atoms with Gasteiger partial charge in [0.25, 0.3) is 6.01 Å². The molecule has 78 valence electrons. The minimum absolute atomic E-state index is 0.622. The number of aromatic nitrogens is 3. The van der Waals surface area contributed by atoms with Gasteiger partial charge in [0, 0.05) is 31.2 Å². The van der Waals surface area contributed by atoms with Gasteiger partial charge in [0.15, 0.2) is 0 Å². The number of ether oxygens (including phenoxy) is 1. The maximum atomic E-state index is 5.37. The molecular weight excluding hydrogens is 190 g/mol. The first-order valence-corrected chi connectivity index (χ1v) is 4.88. The Morgan fingerprint density at radius 1 is 1.47 bits per heavy atom. The molecule has 15 heavy (non-hydrogen) atoms. The van der Waals surface area contributed by atoms with Gasteiger partial charge in [-0.2, -0.15) is 4.98 Å². The van der Waals surface area contributed by atoms with E-state index < -0.39 is 0 Å². The molecule has 0 aliphatic heterocycles. The molecule has 0 fully saturated rings. The molecule has 0 aromatic carbocycles. The van der Waals surface area contributed by atoms with Crippen LogP contribution in [0, 0.1) is 0 Å². The number of hydrogen-bond donors (Lipinski definition) is 0. The van der Waals surface area contributed by atoms with Crippen LogP contribution in [-0.4, -0.2) is 21.1 Å². The number of imidazole rings is 1. The average Bonchev–Trinajstić information content (AvgIpc) is 2.63. The molecule has 2 aromatic rings. The fourth-order valence-corrected chi connectivity index (χ4v) is 1.37. The van der Waals surface area contributed by atoms with Gasteiger partial charge in [-0.05, 0) is 19.1 Å². The van der Waals surface area contributed by atoms with E-state index in [-0.39, 0.29) is 0 Å². The van der Waals surface area contributed by atoms with Crippen molar-refractivity contribution in [2.45, 2.75) is 6.92 Å². The molecule has 0 amide bonds. The van der Waals surface area contributed by atoms with Crippen molar-refractivity contribution in [3.05, 3.63) is 30.7 Å². The van der Waals surface area contributed by atoms with E-state index in [2.05, 4.69) is 9.97 Å². The Bertz CT molecular complexity index is 436. The minimum Gasteiger partial charge on any atom is -0.465 e. The normalized spacial score (nSPS) is 10.3. The molecule has 0 unspecified atom stereocenters. The summed E-state index contributed by atoms with van der Waals surface area (Å²) in [6.07, 6.45) is 5.47. The lowest BCUT2D eigenvalue weighted by Crippen LogP contribution is -1.98. The third kappa shape index (κ3) is 1.98. The van der Waals surface area contributed by atoms with Crippen LogP contribution in [0.25, 0.3) is 11.3 Å². The van der Waals surface area contributed by atoms with Crippen LogP contribution in [0.3, 0.4) is 0 Å². The number of hydrogen-bond acceptors (Lipinski definition) is 3. The van der Waals surface area contributed by atoms with E-state index in [1.54, 1.807) is 12.4 Å². The molecule has 2 heterocycles. The molecule has 0 radical (unpaired) electrons. The zero-order valence-corrected chi connectivity index (χ0v) is 8.84. The largest absolute Gasteiger partial charge is 0.465 e. The summed E-state index contributed by atoms with van der Waals surface area (Å²) in [6, 6.07) is 4.51. The van der Waals surface area contributed by atoms with Gasteiger partial charge >= 0.3 is 0 Å². The zero-order chi connectivity index (χ0) is 10.7. The van der Waals surface area contributed by atoms with E-state index >= 15 is 0 Å². The molecule has 0 N–H and O–H groups in total. The maximum absolute atomic E-state index is 5.37. The molecule has 0 aliphatic carbocycles.